The first-order valence-electron chi connectivity index (χ1n) is 13.1. The number of ether oxygens (including phenoxy) is 1. The SMILES string of the molecule is Cc1cc(NC(=O)c2ccc(C)n(-c3ccc(F)cc3)c2=O)ccc1Oc1ccc2nc(NC(=O)C3CC3)cn2c1. The number of amides is 2. The Labute approximate surface area is 234 Å². The third-order valence-electron chi connectivity index (χ3n) is 6.89. The molecule has 3 heterocycles. The average Bonchev–Trinajstić information content (AvgIpc) is 3.72. The van der Waals surface area contributed by atoms with Crippen LogP contribution in [-0.4, -0.2) is 25.8 Å². The molecule has 3 aromatic heterocycles. The van der Waals surface area contributed by atoms with Crippen LogP contribution >= 0.6 is 0 Å². The molecule has 206 valence electrons. The summed E-state index contributed by atoms with van der Waals surface area (Å²) in [6.07, 6.45) is 5.35. The summed E-state index contributed by atoms with van der Waals surface area (Å²) < 4.78 is 22.6. The first-order valence-corrected chi connectivity index (χ1v) is 13.1. The highest BCUT2D eigenvalue weighted by molar-refractivity contribution is 6.04. The number of carbonyl (C=O) groups is 2. The molecule has 0 bridgehead atoms. The van der Waals surface area contributed by atoms with Gasteiger partial charge in [-0.1, -0.05) is 0 Å². The van der Waals surface area contributed by atoms with Gasteiger partial charge in [0.15, 0.2) is 5.82 Å². The smallest absolute Gasteiger partial charge is 0.268 e. The normalized spacial score (nSPS) is 12.8. The molecular formula is C31H26FN5O4. The maximum Gasteiger partial charge on any atom is 0.268 e. The van der Waals surface area contributed by atoms with Crippen molar-refractivity contribution in [1.29, 1.82) is 0 Å². The van der Waals surface area contributed by atoms with E-state index in [1.165, 1.54) is 34.9 Å². The Morgan fingerprint density at radius 3 is 2.46 bits per heavy atom. The van der Waals surface area contributed by atoms with Crippen molar-refractivity contribution in [3.05, 3.63) is 112 Å². The van der Waals surface area contributed by atoms with Crippen molar-refractivity contribution >= 4 is 29.0 Å². The number of aryl methyl sites for hydroxylation is 2. The van der Waals surface area contributed by atoms with E-state index in [0.717, 1.165) is 18.4 Å². The molecule has 2 aromatic carbocycles. The zero-order valence-corrected chi connectivity index (χ0v) is 22.3. The summed E-state index contributed by atoms with van der Waals surface area (Å²) in [5, 5.41) is 5.62. The Bertz CT molecular complexity index is 1870. The van der Waals surface area contributed by atoms with Crippen molar-refractivity contribution in [1.82, 2.24) is 14.0 Å². The van der Waals surface area contributed by atoms with Crippen LogP contribution in [0.3, 0.4) is 0 Å². The predicted molar refractivity (Wildman–Crippen MR) is 152 cm³/mol. The summed E-state index contributed by atoms with van der Waals surface area (Å²) in [6.45, 7) is 3.59. The molecule has 1 aliphatic carbocycles. The van der Waals surface area contributed by atoms with Crippen molar-refractivity contribution in [2.45, 2.75) is 26.7 Å². The predicted octanol–water partition coefficient (Wildman–Crippen LogP) is 5.63. The Hall–Kier alpha value is -5.25. The summed E-state index contributed by atoms with van der Waals surface area (Å²) in [6, 6.07) is 17.4. The molecule has 0 radical (unpaired) electrons. The van der Waals surface area contributed by atoms with Crippen molar-refractivity contribution in [2.24, 2.45) is 5.92 Å². The van der Waals surface area contributed by atoms with Crippen LogP contribution in [0.4, 0.5) is 15.9 Å². The number of aromatic nitrogens is 3. The van der Waals surface area contributed by atoms with Crippen LogP contribution in [-0.2, 0) is 4.79 Å². The highest BCUT2D eigenvalue weighted by atomic mass is 19.1. The molecule has 6 rings (SSSR count). The highest BCUT2D eigenvalue weighted by Crippen LogP contribution is 2.31. The van der Waals surface area contributed by atoms with Crippen molar-refractivity contribution < 1.29 is 18.7 Å². The number of anilines is 2. The minimum Gasteiger partial charge on any atom is -0.456 e. The lowest BCUT2D eigenvalue weighted by Gasteiger charge is -2.13. The number of imidazole rings is 1. The molecule has 5 aromatic rings. The molecule has 10 heteroatoms. The van der Waals surface area contributed by atoms with Crippen molar-refractivity contribution in [3.63, 3.8) is 0 Å². The van der Waals surface area contributed by atoms with E-state index in [-0.39, 0.29) is 17.4 Å². The second-order valence-electron chi connectivity index (χ2n) is 10.1. The van der Waals surface area contributed by atoms with Crippen LogP contribution in [0.1, 0.15) is 34.5 Å². The van der Waals surface area contributed by atoms with E-state index in [9.17, 15) is 18.8 Å². The lowest BCUT2D eigenvalue weighted by atomic mass is 10.1. The molecular weight excluding hydrogens is 525 g/mol. The summed E-state index contributed by atoms with van der Waals surface area (Å²) in [7, 11) is 0. The van der Waals surface area contributed by atoms with Crippen LogP contribution in [0.5, 0.6) is 11.5 Å². The largest absolute Gasteiger partial charge is 0.456 e. The van der Waals surface area contributed by atoms with Gasteiger partial charge in [-0.2, -0.15) is 0 Å². The Morgan fingerprint density at radius 1 is 0.951 bits per heavy atom. The monoisotopic (exact) mass is 551 g/mol. The molecule has 0 atom stereocenters. The number of carbonyl (C=O) groups excluding carboxylic acids is 2. The van der Waals surface area contributed by atoms with E-state index in [4.69, 9.17) is 4.74 Å². The third-order valence-corrected chi connectivity index (χ3v) is 6.89. The number of fused-ring (bicyclic) bond motifs is 1. The first-order chi connectivity index (χ1) is 19.7. The van der Waals surface area contributed by atoms with Gasteiger partial charge in [0.05, 0.1) is 12.4 Å². The van der Waals surface area contributed by atoms with E-state index in [0.29, 0.717) is 40.0 Å². The quantitative estimate of drug-likeness (QED) is 0.273. The molecule has 0 spiro atoms. The summed E-state index contributed by atoms with van der Waals surface area (Å²) in [5.74, 6) is 0.749. The summed E-state index contributed by atoms with van der Waals surface area (Å²) in [5.41, 5.74) is 2.47. The first kappa shape index (κ1) is 26.0. The fraction of sp³-hybridized carbons (Fsp3) is 0.161. The number of hydrogen-bond donors (Lipinski definition) is 2. The minimum absolute atomic E-state index is 0.00591. The van der Waals surface area contributed by atoms with Gasteiger partial charge in [-0.25, -0.2) is 9.37 Å². The number of hydrogen-bond acceptors (Lipinski definition) is 5. The zero-order chi connectivity index (χ0) is 28.7. The highest BCUT2D eigenvalue weighted by Gasteiger charge is 2.30. The number of halogens is 1. The lowest BCUT2D eigenvalue weighted by molar-refractivity contribution is -0.117. The van der Waals surface area contributed by atoms with Gasteiger partial charge < -0.3 is 19.8 Å². The minimum atomic E-state index is -0.561. The molecule has 0 aliphatic heterocycles. The van der Waals surface area contributed by atoms with Gasteiger partial charge in [-0.15, -0.1) is 0 Å². The van der Waals surface area contributed by atoms with Gasteiger partial charge in [0.25, 0.3) is 11.5 Å². The van der Waals surface area contributed by atoms with Crippen molar-refractivity contribution in [3.8, 4) is 17.2 Å². The Kier molecular flexibility index (Phi) is 6.58. The standard InChI is InChI=1S/C31H26FN5O4/c1-18-15-22(33-30(39)25-12-3-19(2)37(31(25)40)23-9-6-21(32)7-10-23)8-13-26(18)41-24-11-14-28-34-27(17-36(28)16-24)35-29(38)20-4-5-20/h3,6-17,20H,4-5H2,1-2H3,(H,33,39)(H,35,38). The Morgan fingerprint density at radius 2 is 1.73 bits per heavy atom. The molecule has 1 aliphatic rings. The van der Waals surface area contributed by atoms with Gasteiger partial charge >= 0.3 is 0 Å². The maximum absolute atomic E-state index is 13.4. The molecule has 1 fully saturated rings. The topological polar surface area (TPSA) is 107 Å². The molecule has 2 N–H and O–H groups in total. The second-order valence-corrected chi connectivity index (χ2v) is 10.1. The Balaban J connectivity index is 1.17. The van der Waals surface area contributed by atoms with Crippen LogP contribution in [0.15, 0.2) is 83.9 Å². The molecule has 1 saturated carbocycles. The van der Waals surface area contributed by atoms with Gasteiger partial charge in [0, 0.05) is 23.0 Å². The van der Waals surface area contributed by atoms with E-state index in [1.54, 1.807) is 60.1 Å². The molecule has 0 unspecified atom stereocenters. The molecule has 9 nitrogen and oxygen atoms in total. The van der Waals surface area contributed by atoms with E-state index < -0.39 is 17.3 Å². The van der Waals surface area contributed by atoms with E-state index >= 15 is 0 Å². The van der Waals surface area contributed by atoms with Gasteiger partial charge in [0.1, 0.15) is 28.5 Å². The number of rotatable bonds is 7. The molecule has 41 heavy (non-hydrogen) atoms. The van der Waals surface area contributed by atoms with Gasteiger partial charge in [0.2, 0.25) is 5.91 Å². The van der Waals surface area contributed by atoms with Crippen molar-refractivity contribution in [2.75, 3.05) is 10.6 Å². The maximum atomic E-state index is 13.4. The molecule has 2 amide bonds. The number of nitrogens with one attached hydrogen (secondary N) is 2. The van der Waals surface area contributed by atoms with Gasteiger partial charge in [-0.05, 0) is 99.0 Å². The number of pyridine rings is 2. The van der Waals surface area contributed by atoms with Crippen LogP contribution in [0.2, 0.25) is 0 Å². The fourth-order valence-corrected chi connectivity index (χ4v) is 4.55. The molecule has 0 saturated heterocycles. The van der Waals surface area contributed by atoms with E-state index in [2.05, 4.69) is 15.6 Å². The lowest BCUT2D eigenvalue weighted by Crippen LogP contribution is -2.29. The fourth-order valence-electron chi connectivity index (χ4n) is 4.55. The zero-order valence-electron chi connectivity index (χ0n) is 22.3. The average molecular weight is 552 g/mol. The van der Waals surface area contributed by atoms with Crippen LogP contribution in [0.25, 0.3) is 11.3 Å². The number of benzene rings is 2. The third kappa shape index (κ3) is 5.44. The summed E-state index contributed by atoms with van der Waals surface area (Å²) in [4.78, 5) is 42.7. The van der Waals surface area contributed by atoms with E-state index in [1.807, 2.05) is 6.92 Å². The second kappa shape index (κ2) is 10.4. The van der Waals surface area contributed by atoms with Gasteiger partial charge in [-0.3, -0.25) is 19.0 Å². The van der Waals surface area contributed by atoms with Crippen LogP contribution in [0, 0.1) is 25.6 Å². The van der Waals surface area contributed by atoms with Crippen LogP contribution < -0.4 is 20.9 Å². The number of nitrogens with zero attached hydrogens (tertiary/aromatic N) is 3. The summed E-state index contributed by atoms with van der Waals surface area (Å²) >= 11 is 0.